The standard InChI is InChI=1S/C17H19NO7S/c1-4-9-26(21,22)13-7-5-12(6-8-13)18-11-25-10-14(16(19)23-2)15(18)17(20)24-3/h4-8H,1,9-11H2,2-3H3. The molecule has 2 rings (SSSR count). The second-order valence-corrected chi connectivity index (χ2v) is 7.31. The fourth-order valence-electron chi connectivity index (χ4n) is 2.43. The number of hydrogen-bond donors (Lipinski definition) is 0. The molecule has 0 N–H and O–H groups in total. The maximum absolute atomic E-state index is 12.2. The van der Waals surface area contributed by atoms with Crippen molar-refractivity contribution in [1.82, 2.24) is 0 Å². The average molecular weight is 381 g/mol. The van der Waals surface area contributed by atoms with E-state index in [2.05, 4.69) is 11.3 Å². The third kappa shape index (κ3) is 3.94. The van der Waals surface area contributed by atoms with E-state index in [1.165, 1.54) is 49.5 Å². The van der Waals surface area contributed by atoms with Crippen molar-refractivity contribution in [2.75, 3.05) is 38.2 Å². The smallest absolute Gasteiger partial charge is 0.355 e. The van der Waals surface area contributed by atoms with E-state index in [-0.39, 0.29) is 35.3 Å². The van der Waals surface area contributed by atoms with E-state index < -0.39 is 21.8 Å². The van der Waals surface area contributed by atoms with Crippen molar-refractivity contribution in [1.29, 1.82) is 0 Å². The number of benzene rings is 1. The Balaban J connectivity index is 2.47. The van der Waals surface area contributed by atoms with Crippen molar-refractivity contribution in [2.45, 2.75) is 4.90 Å². The first-order valence-electron chi connectivity index (χ1n) is 7.54. The van der Waals surface area contributed by atoms with Crippen LogP contribution in [-0.2, 0) is 33.6 Å². The van der Waals surface area contributed by atoms with E-state index >= 15 is 0 Å². The maximum atomic E-state index is 12.2. The largest absolute Gasteiger partial charge is 0.466 e. The predicted octanol–water partition coefficient (Wildman–Crippen LogP) is 1.04. The lowest BCUT2D eigenvalue weighted by molar-refractivity contribution is -0.140. The van der Waals surface area contributed by atoms with E-state index in [1.54, 1.807) is 0 Å². The number of rotatable bonds is 6. The molecular formula is C17H19NO7S. The summed E-state index contributed by atoms with van der Waals surface area (Å²) in [7, 11) is -1.07. The van der Waals surface area contributed by atoms with Gasteiger partial charge in [0.15, 0.2) is 9.84 Å². The number of esters is 2. The molecule has 0 aliphatic carbocycles. The predicted molar refractivity (Wildman–Crippen MR) is 93.0 cm³/mol. The third-order valence-electron chi connectivity index (χ3n) is 3.68. The van der Waals surface area contributed by atoms with Crippen molar-refractivity contribution in [3.05, 3.63) is 48.2 Å². The zero-order valence-corrected chi connectivity index (χ0v) is 15.2. The molecule has 1 aromatic rings. The fourth-order valence-corrected chi connectivity index (χ4v) is 3.49. The average Bonchev–Trinajstić information content (AvgIpc) is 2.66. The van der Waals surface area contributed by atoms with Gasteiger partial charge < -0.3 is 19.1 Å². The Labute approximate surface area is 151 Å². The first-order chi connectivity index (χ1) is 12.4. The van der Waals surface area contributed by atoms with Gasteiger partial charge in [-0.1, -0.05) is 6.08 Å². The van der Waals surface area contributed by atoms with Gasteiger partial charge in [0.2, 0.25) is 0 Å². The molecule has 0 radical (unpaired) electrons. The minimum Gasteiger partial charge on any atom is -0.466 e. The summed E-state index contributed by atoms with van der Waals surface area (Å²) in [6.45, 7) is 3.32. The van der Waals surface area contributed by atoms with E-state index in [0.29, 0.717) is 5.69 Å². The normalized spacial score (nSPS) is 14.8. The lowest BCUT2D eigenvalue weighted by atomic mass is 10.1. The van der Waals surface area contributed by atoms with Crippen molar-refractivity contribution >= 4 is 27.5 Å². The molecule has 0 bridgehead atoms. The van der Waals surface area contributed by atoms with Gasteiger partial charge in [-0.25, -0.2) is 18.0 Å². The Morgan fingerprint density at radius 3 is 2.35 bits per heavy atom. The number of nitrogens with zero attached hydrogens (tertiary/aromatic N) is 1. The molecule has 0 unspecified atom stereocenters. The van der Waals surface area contributed by atoms with Gasteiger partial charge in [-0.3, -0.25) is 0 Å². The van der Waals surface area contributed by atoms with Crippen molar-refractivity contribution in [3.63, 3.8) is 0 Å². The topological polar surface area (TPSA) is 99.2 Å². The molecule has 0 saturated carbocycles. The number of sulfone groups is 1. The van der Waals surface area contributed by atoms with Crippen LogP contribution in [0.2, 0.25) is 0 Å². The van der Waals surface area contributed by atoms with E-state index in [9.17, 15) is 18.0 Å². The molecular weight excluding hydrogens is 362 g/mol. The number of carbonyl (C=O) groups excluding carboxylic acids is 2. The van der Waals surface area contributed by atoms with Gasteiger partial charge in [-0.05, 0) is 24.3 Å². The lowest BCUT2D eigenvalue weighted by Gasteiger charge is -2.31. The summed E-state index contributed by atoms with van der Waals surface area (Å²) in [6, 6.07) is 5.86. The summed E-state index contributed by atoms with van der Waals surface area (Å²) in [5, 5.41) is 0. The van der Waals surface area contributed by atoms with Crippen LogP contribution in [-0.4, -0.2) is 53.7 Å². The highest BCUT2D eigenvalue weighted by Gasteiger charge is 2.32. The van der Waals surface area contributed by atoms with Gasteiger partial charge in [0.05, 0.1) is 37.0 Å². The molecule has 0 atom stereocenters. The Bertz CT molecular complexity index is 840. The van der Waals surface area contributed by atoms with Gasteiger partial charge in [-0.15, -0.1) is 6.58 Å². The maximum Gasteiger partial charge on any atom is 0.355 e. The summed E-state index contributed by atoms with van der Waals surface area (Å²) < 4.78 is 38.9. The van der Waals surface area contributed by atoms with Gasteiger partial charge in [-0.2, -0.15) is 0 Å². The number of ether oxygens (including phenoxy) is 3. The summed E-state index contributed by atoms with van der Waals surface area (Å²) >= 11 is 0. The van der Waals surface area contributed by atoms with Crippen molar-refractivity contribution in [2.24, 2.45) is 0 Å². The highest BCUT2D eigenvalue weighted by molar-refractivity contribution is 7.91. The second-order valence-electron chi connectivity index (χ2n) is 5.28. The molecule has 0 aromatic heterocycles. The first kappa shape index (κ1) is 19.7. The molecule has 9 heteroatoms. The van der Waals surface area contributed by atoms with E-state index in [0.717, 1.165) is 0 Å². The third-order valence-corrected chi connectivity index (χ3v) is 5.34. The molecule has 1 aliphatic heterocycles. The van der Waals surface area contributed by atoms with E-state index in [4.69, 9.17) is 9.47 Å². The molecule has 8 nitrogen and oxygen atoms in total. The van der Waals surface area contributed by atoms with Crippen LogP contribution in [0.15, 0.2) is 53.1 Å². The molecule has 26 heavy (non-hydrogen) atoms. The highest BCUT2D eigenvalue weighted by Crippen LogP contribution is 2.27. The minimum absolute atomic E-state index is 0.00713. The van der Waals surface area contributed by atoms with Crippen LogP contribution in [0.3, 0.4) is 0 Å². The fraction of sp³-hybridized carbons (Fsp3) is 0.294. The molecule has 0 saturated heterocycles. The molecule has 0 fully saturated rings. The zero-order valence-electron chi connectivity index (χ0n) is 14.4. The zero-order chi connectivity index (χ0) is 19.3. The summed E-state index contributed by atoms with van der Waals surface area (Å²) in [6.07, 6.45) is 1.31. The molecule has 1 aliphatic rings. The van der Waals surface area contributed by atoms with Crippen LogP contribution >= 0.6 is 0 Å². The van der Waals surface area contributed by atoms with Crippen molar-refractivity contribution in [3.8, 4) is 0 Å². The van der Waals surface area contributed by atoms with Crippen LogP contribution in [0, 0.1) is 0 Å². The Morgan fingerprint density at radius 1 is 1.19 bits per heavy atom. The summed E-state index contributed by atoms with van der Waals surface area (Å²) in [4.78, 5) is 25.7. The summed E-state index contributed by atoms with van der Waals surface area (Å²) in [5.74, 6) is -1.61. The van der Waals surface area contributed by atoms with Crippen LogP contribution < -0.4 is 4.90 Å². The van der Waals surface area contributed by atoms with Gasteiger partial charge >= 0.3 is 11.9 Å². The Kier molecular flexibility index (Phi) is 6.17. The SMILES string of the molecule is C=CCS(=O)(=O)c1ccc(N2COCC(C(=O)OC)=C2C(=O)OC)cc1. The number of carbonyl (C=O) groups is 2. The molecule has 1 heterocycles. The van der Waals surface area contributed by atoms with Crippen LogP contribution in [0.25, 0.3) is 0 Å². The monoisotopic (exact) mass is 381 g/mol. The van der Waals surface area contributed by atoms with Crippen molar-refractivity contribution < 1.29 is 32.2 Å². The minimum atomic E-state index is -3.47. The lowest BCUT2D eigenvalue weighted by Crippen LogP contribution is -2.38. The highest BCUT2D eigenvalue weighted by atomic mass is 32.2. The summed E-state index contributed by atoms with van der Waals surface area (Å²) in [5.41, 5.74) is 0.477. The quantitative estimate of drug-likeness (QED) is 0.532. The Hall–Kier alpha value is -2.65. The number of anilines is 1. The van der Waals surface area contributed by atoms with Gasteiger partial charge in [0.1, 0.15) is 12.4 Å². The van der Waals surface area contributed by atoms with Crippen LogP contribution in [0.1, 0.15) is 0 Å². The van der Waals surface area contributed by atoms with Gasteiger partial charge in [0, 0.05) is 5.69 Å². The van der Waals surface area contributed by atoms with E-state index in [1.807, 2.05) is 0 Å². The molecule has 140 valence electrons. The molecule has 0 spiro atoms. The van der Waals surface area contributed by atoms with Crippen LogP contribution in [0.5, 0.6) is 0 Å². The van der Waals surface area contributed by atoms with Crippen LogP contribution in [0.4, 0.5) is 5.69 Å². The first-order valence-corrected chi connectivity index (χ1v) is 9.19. The number of hydrogen-bond acceptors (Lipinski definition) is 8. The van der Waals surface area contributed by atoms with Gasteiger partial charge in [0.25, 0.3) is 0 Å². The molecule has 0 amide bonds. The second kappa shape index (κ2) is 8.15. The number of methoxy groups -OCH3 is 2. The Morgan fingerprint density at radius 2 is 1.81 bits per heavy atom. The molecule has 1 aromatic carbocycles.